The minimum absolute atomic E-state index is 0.368. The normalized spacial score (nSPS) is 10.0. The van der Waals surface area contributed by atoms with Gasteiger partial charge >= 0.3 is 5.97 Å². The number of hydrogen-bond donors (Lipinski definition) is 0. The van der Waals surface area contributed by atoms with Gasteiger partial charge in [-0.3, -0.25) is 4.79 Å². The topological polar surface area (TPSA) is 63.2 Å². The van der Waals surface area contributed by atoms with Crippen molar-refractivity contribution in [3.63, 3.8) is 0 Å². The van der Waals surface area contributed by atoms with Gasteiger partial charge in [0.25, 0.3) is 0 Å². The number of carbonyl (C=O) groups is 1. The maximum absolute atomic E-state index is 11.4. The number of benzene rings is 2. The molecular weight excluding hydrogens is 312 g/mol. The molecule has 0 amide bonds. The van der Waals surface area contributed by atoms with Crippen molar-refractivity contribution in [2.24, 2.45) is 0 Å². The fourth-order valence-corrected chi connectivity index (χ4v) is 2.33. The van der Waals surface area contributed by atoms with Crippen LogP contribution in [0.5, 0.6) is 28.7 Å². The first-order chi connectivity index (χ1) is 11.5. The van der Waals surface area contributed by atoms with Gasteiger partial charge in [0.2, 0.25) is 0 Å². The van der Waals surface area contributed by atoms with Crippen molar-refractivity contribution in [1.29, 1.82) is 0 Å². The fourth-order valence-electron chi connectivity index (χ4n) is 2.33. The van der Waals surface area contributed by atoms with Gasteiger partial charge < -0.3 is 23.7 Å². The van der Waals surface area contributed by atoms with Crippen molar-refractivity contribution in [2.75, 3.05) is 28.4 Å². The van der Waals surface area contributed by atoms with E-state index in [-0.39, 0.29) is 0 Å². The molecule has 6 nitrogen and oxygen atoms in total. The van der Waals surface area contributed by atoms with Crippen molar-refractivity contribution < 1.29 is 28.5 Å². The lowest BCUT2D eigenvalue weighted by atomic mass is 10.0. The molecule has 0 spiro atoms. The lowest BCUT2D eigenvalue weighted by molar-refractivity contribution is -0.131. The number of rotatable bonds is 6. The lowest BCUT2D eigenvalue weighted by Gasteiger charge is -2.16. The zero-order chi connectivity index (χ0) is 17.7. The molecule has 0 unspecified atom stereocenters. The van der Waals surface area contributed by atoms with Crippen LogP contribution in [0, 0.1) is 0 Å². The van der Waals surface area contributed by atoms with Gasteiger partial charge in [-0.2, -0.15) is 0 Å². The highest BCUT2D eigenvalue weighted by molar-refractivity contribution is 5.80. The van der Waals surface area contributed by atoms with Crippen LogP contribution >= 0.6 is 0 Å². The van der Waals surface area contributed by atoms with Crippen LogP contribution in [0.4, 0.5) is 0 Å². The summed E-state index contributed by atoms with van der Waals surface area (Å²) in [5.74, 6) is 2.11. The molecule has 0 atom stereocenters. The van der Waals surface area contributed by atoms with Crippen molar-refractivity contribution >= 4 is 5.97 Å². The van der Waals surface area contributed by atoms with E-state index in [1.54, 1.807) is 45.6 Å². The standard InChI is InChI=1S/C18H20O6/c1-11(19)24-15-10-18(23-5)17(22-4)9-13(15)12-6-7-14(20-2)16(8-12)21-3/h6-10H,1-5H3. The van der Waals surface area contributed by atoms with Crippen LogP contribution in [-0.4, -0.2) is 34.4 Å². The minimum Gasteiger partial charge on any atom is -0.493 e. The first-order valence-corrected chi connectivity index (χ1v) is 7.20. The molecule has 2 aromatic rings. The van der Waals surface area contributed by atoms with Crippen LogP contribution in [0.1, 0.15) is 6.92 Å². The number of hydrogen-bond acceptors (Lipinski definition) is 6. The van der Waals surface area contributed by atoms with E-state index in [9.17, 15) is 4.79 Å². The summed E-state index contributed by atoms with van der Waals surface area (Å²) in [4.78, 5) is 11.4. The number of esters is 1. The van der Waals surface area contributed by atoms with E-state index in [1.165, 1.54) is 14.0 Å². The van der Waals surface area contributed by atoms with E-state index in [1.807, 2.05) is 6.07 Å². The Morgan fingerprint density at radius 2 is 1.25 bits per heavy atom. The molecule has 2 aromatic carbocycles. The highest BCUT2D eigenvalue weighted by Gasteiger charge is 2.17. The highest BCUT2D eigenvalue weighted by Crippen LogP contribution is 2.42. The van der Waals surface area contributed by atoms with Crippen molar-refractivity contribution in [1.82, 2.24) is 0 Å². The van der Waals surface area contributed by atoms with Crippen LogP contribution in [0.3, 0.4) is 0 Å². The predicted molar refractivity (Wildman–Crippen MR) is 89.4 cm³/mol. The quantitative estimate of drug-likeness (QED) is 0.597. The fraction of sp³-hybridized carbons (Fsp3) is 0.278. The maximum atomic E-state index is 11.4. The molecule has 0 saturated heterocycles. The molecular formula is C18H20O6. The Labute approximate surface area is 140 Å². The molecule has 128 valence electrons. The lowest BCUT2D eigenvalue weighted by Crippen LogP contribution is -2.04. The second kappa shape index (κ2) is 7.59. The number of carbonyl (C=O) groups excluding carboxylic acids is 1. The first kappa shape index (κ1) is 17.5. The maximum Gasteiger partial charge on any atom is 0.308 e. The van der Waals surface area contributed by atoms with Gasteiger partial charge in [-0.15, -0.1) is 0 Å². The van der Waals surface area contributed by atoms with Crippen LogP contribution in [0.15, 0.2) is 30.3 Å². The summed E-state index contributed by atoms with van der Waals surface area (Å²) in [5.41, 5.74) is 1.45. The van der Waals surface area contributed by atoms with Gasteiger partial charge in [-0.25, -0.2) is 0 Å². The Morgan fingerprint density at radius 3 is 1.79 bits per heavy atom. The van der Waals surface area contributed by atoms with Crippen molar-refractivity contribution in [3.05, 3.63) is 30.3 Å². The summed E-state index contributed by atoms with van der Waals surface area (Å²) in [6.07, 6.45) is 0. The van der Waals surface area contributed by atoms with E-state index in [0.29, 0.717) is 34.3 Å². The Hall–Kier alpha value is -2.89. The van der Waals surface area contributed by atoms with E-state index in [4.69, 9.17) is 23.7 Å². The Kier molecular flexibility index (Phi) is 5.52. The SMILES string of the molecule is COc1ccc(-c2cc(OC)c(OC)cc2OC(C)=O)cc1OC. The van der Waals surface area contributed by atoms with E-state index in [0.717, 1.165) is 5.56 Å². The number of methoxy groups -OCH3 is 4. The molecule has 24 heavy (non-hydrogen) atoms. The van der Waals surface area contributed by atoms with Gasteiger partial charge in [0.15, 0.2) is 23.0 Å². The second-order valence-corrected chi connectivity index (χ2v) is 4.87. The van der Waals surface area contributed by atoms with Crippen molar-refractivity contribution in [2.45, 2.75) is 6.92 Å². The van der Waals surface area contributed by atoms with E-state index in [2.05, 4.69) is 0 Å². The van der Waals surface area contributed by atoms with E-state index < -0.39 is 5.97 Å². The third kappa shape index (κ3) is 3.53. The van der Waals surface area contributed by atoms with Crippen LogP contribution in [0.2, 0.25) is 0 Å². The smallest absolute Gasteiger partial charge is 0.308 e. The molecule has 0 bridgehead atoms. The monoisotopic (exact) mass is 332 g/mol. The second-order valence-electron chi connectivity index (χ2n) is 4.87. The number of ether oxygens (including phenoxy) is 5. The zero-order valence-electron chi connectivity index (χ0n) is 14.3. The van der Waals surface area contributed by atoms with Gasteiger partial charge in [0, 0.05) is 18.6 Å². The Bertz CT molecular complexity index is 739. The Morgan fingerprint density at radius 1 is 0.708 bits per heavy atom. The average molecular weight is 332 g/mol. The molecule has 0 radical (unpaired) electrons. The summed E-state index contributed by atoms with van der Waals surface area (Å²) >= 11 is 0. The molecule has 0 fully saturated rings. The average Bonchev–Trinajstić information content (AvgIpc) is 2.60. The summed E-state index contributed by atoms with van der Waals surface area (Å²) in [6, 6.07) is 8.79. The van der Waals surface area contributed by atoms with Gasteiger partial charge in [0.05, 0.1) is 28.4 Å². The minimum atomic E-state index is -0.427. The molecule has 0 aliphatic carbocycles. The third-order valence-electron chi connectivity index (χ3n) is 3.43. The van der Waals surface area contributed by atoms with Crippen LogP contribution < -0.4 is 23.7 Å². The highest BCUT2D eigenvalue weighted by atomic mass is 16.5. The van der Waals surface area contributed by atoms with Crippen LogP contribution in [0.25, 0.3) is 11.1 Å². The first-order valence-electron chi connectivity index (χ1n) is 7.20. The molecule has 0 saturated carbocycles. The Balaban J connectivity index is 2.64. The summed E-state index contributed by atoms with van der Waals surface area (Å²) < 4.78 is 26.5. The van der Waals surface area contributed by atoms with Gasteiger partial charge in [-0.1, -0.05) is 6.07 Å². The molecule has 0 aliphatic heterocycles. The third-order valence-corrected chi connectivity index (χ3v) is 3.43. The summed E-state index contributed by atoms with van der Waals surface area (Å²) in [7, 11) is 6.19. The zero-order valence-corrected chi connectivity index (χ0v) is 14.3. The molecule has 6 heteroatoms. The molecule has 0 N–H and O–H groups in total. The molecule has 0 aromatic heterocycles. The largest absolute Gasteiger partial charge is 0.493 e. The van der Waals surface area contributed by atoms with Crippen LogP contribution in [-0.2, 0) is 4.79 Å². The molecule has 0 heterocycles. The van der Waals surface area contributed by atoms with Crippen molar-refractivity contribution in [3.8, 4) is 39.9 Å². The van der Waals surface area contributed by atoms with E-state index >= 15 is 0 Å². The molecule has 2 rings (SSSR count). The summed E-state index contributed by atoms with van der Waals surface area (Å²) in [5, 5.41) is 0. The van der Waals surface area contributed by atoms with Gasteiger partial charge in [-0.05, 0) is 23.8 Å². The summed E-state index contributed by atoms with van der Waals surface area (Å²) in [6.45, 7) is 1.34. The van der Waals surface area contributed by atoms with Gasteiger partial charge in [0.1, 0.15) is 5.75 Å². The predicted octanol–water partition coefficient (Wildman–Crippen LogP) is 3.31. The molecule has 0 aliphatic rings.